The van der Waals surface area contributed by atoms with Crippen LogP contribution in [0.5, 0.6) is 0 Å². The molecule has 118 valence electrons. The molecule has 1 amide bonds. The molecular formula is C14H12ClN5OS2. The molecule has 0 saturated carbocycles. The van der Waals surface area contributed by atoms with E-state index in [9.17, 15) is 4.79 Å². The zero-order chi connectivity index (χ0) is 16.2. The number of aryl methyl sites for hydroxylation is 1. The van der Waals surface area contributed by atoms with Crippen molar-refractivity contribution in [1.82, 2.24) is 19.3 Å². The lowest BCUT2D eigenvalue weighted by atomic mass is 10.3. The number of carbonyl (C=O) groups excluding carboxylic acids is 1. The molecular weight excluding hydrogens is 354 g/mol. The van der Waals surface area contributed by atoms with Crippen molar-refractivity contribution in [2.45, 2.75) is 5.16 Å². The van der Waals surface area contributed by atoms with Crippen molar-refractivity contribution in [3.05, 3.63) is 52.0 Å². The zero-order valence-electron chi connectivity index (χ0n) is 12.1. The summed E-state index contributed by atoms with van der Waals surface area (Å²) in [4.78, 5) is 16.7. The monoisotopic (exact) mass is 365 g/mol. The first-order chi connectivity index (χ1) is 11.1. The van der Waals surface area contributed by atoms with Crippen LogP contribution >= 0.6 is 34.7 Å². The lowest BCUT2D eigenvalue weighted by Gasteiger charge is -2.05. The quantitative estimate of drug-likeness (QED) is 0.666. The summed E-state index contributed by atoms with van der Waals surface area (Å²) in [6, 6.07) is 7.36. The summed E-state index contributed by atoms with van der Waals surface area (Å²) >= 11 is 8.71. The molecule has 6 nitrogen and oxygen atoms in total. The van der Waals surface area contributed by atoms with Gasteiger partial charge >= 0.3 is 0 Å². The van der Waals surface area contributed by atoms with Crippen LogP contribution in [0.4, 0.5) is 0 Å². The summed E-state index contributed by atoms with van der Waals surface area (Å²) in [6.07, 6.45) is 3.45. The first-order valence-electron chi connectivity index (χ1n) is 6.60. The Morgan fingerprint density at radius 1 is 1.48 bits per heavy atom. The van der Waals surface area contributed by atoms with Gasteiger partial charge in [0, 0.05) is 23.6 Å². The molecule has 9 heteroatoms. The molecule has 0 N–H and O–H groups in total. The standard InChI is InChI=1S/C14H12ClN5OS2/c1-19-5-6-22-13(19)17-12(21)8-23-14-18-16-9-20(14)11-4-2-3-10(15)7-11/h2-7,9H,8H2,1H3. The Morgan fingerprint density at radius 2 is 2.35 bits per heavy atom. The number of halogens is 1. The number of hydrogen-bond acceptors (Lipinski definition) is 5. The van der Waals surface area contributed by atoms with Gasteiger partial charge in [-0.2, -0.15) is 4.99 Å². The van der Waals surface area contributed by atoms with Gasteiger partial charge in [-0.25, -0.2) is 0 Å². The number of benzene rings is 1. The van der Waals surface area contributed by atoms with Crippen molar-refractivity contribution in [2.24, 2.45) is 12.0 Å². The van der Waals surface area contributed by atoms with Gasteiger partial charge in [0.25, 0.3) is 5.91 Å². The fourth-order valence-electron chi connectivity index (χ4n) is 1.83. The third kappa shape index (κ3) is 3.90. The fourth-order valence-corrected chi connectivity index (χ4v) is 3.47. The van der Waals surface area contributed by atoms with E-state index in [1.807, 2.05) is 41.4 Å². The Hall–Kier alpha value is -1.90. The van der Waals surface area contributed by atoms with Gasteiger partial charge in [-0.3, -0.25) is 9.36 Å². The van der Waals surface area contributed by atoms with Crippen LogP contribution in [0.3, 0.4) is 0 Å². The third-order valence-corrected chi connectivity index (χ3v) is 4.92. The van der Waals surface area contributed by atoms with Crippen LogP contribution in [0.25, 0.3) is 5.69 Å². The second-order valence-corrected chi connectivity index (χ2v) is 6.81. The topological polar surface area (TPSA) is 65.1 Å². The van der Waals surface area contributed by atoms with Gasteiger partial charge < -0.3 is 4.57 Å². The highest BCUT2D eigenvalue weighted by Crippen LogP contribution is 2.21. The molecule has 23 heavy (non-hydrogen) atoms. The van der Waals surface area contributed by atoms with Crippen LogP contribution in [-0.2, 0) is 11.8 Å². The van der Waals surface area contributed by atoms with Gasteiger partial charge in [0.1, 0.15) is 6.33 Å². The largest absolute Gasteiger partial charge is 0.327 e. The molecule has 0 aliphatic rings. The number of thioether (sulfide) groups is 1. The van der Waals surface area contributed by atoms with Crippen molar-refractivity contribution in [1.29, 1.82) is 0 Å². The summed E-state index contributed by atoms with van der Waals surface area (Å²) in [7, 11) is 1.85. The van der Waals surface area contributed by atoms with Crippen LogP contribution in [0, 0.1) is 0 Å². The molecule has 0 unspecified atom stereocenters. The number of nitrogens with zero attached hydrogens (tertiary/aromatic N) is 5. The van der Waals surface area contributed by atoms with Crippen molar-refractivity contribution < 1.29 is 4.79 Å². The van der Waals surface area contributed by atoms with Gasteiger partial charge in [-0.05, 0) is 18.2 Å². The Morgan fingerprint density at radius 3 is 3.09 bits per heavy atom. The molecule has 2 heterocycles. The summed E-state index contributed by atoms with van der Waals surface area (Å²) in [6.45, 7) is 0. The smallest absolute Gasteiger partial charge is 0.258 e. The molecule has 3 aromatic rings. The maximum Gasteiger partial charge on any atom is 0.258 e. The molecule has 1 aromatic carbocycles. The van der Waals surface area contributed by atoms with E-state index < -0.39 is 0 Å². The molecule has 3 rings (SSSR count). The molecule has 0 bridgehead atoms. The van der Waals surface area contributed by atoms with E-state index in [-0.39, 0.29) is 11.7 Å². The summed E-state index contributed by atoms with van der Waals surface area (Å²) in [5.41, 5.74) is 0.846. The van der Waals surface area contributed by atoms with Crippen LogP contribution in [0.15, 0.2) is 52.3 Å². The molecule has 0 spiro atoms. The van der Waals surface area contributed by atoms with Gasteiger partial charge in [-0.15, -0.1) is 21.5 Å². The highest BCUT2D eigenvalue weighted by Gasteiger charge is 2.10. The molecule has 0 fully saturated rings. The van der Waals surface area contributed by atoms with Crippen molar-refractivity contribution in [3.8, 4) is 5.69 Å². The van der Waals surface area contributed by atoms with Crippen LogP contribution in [0.2, 0.25) is 5.02 Å². The molecule has 0 aliphatic carbocycles. The number of hydrogen-bond donors (Lipinski definition) is 0. The maximum atomic E-state index is 12.0. The van der Waals surface area contributed by atoms with Crippen molar-refractivity contribution in [3.63, 3.8) is 0 Å². The molecule has 0 atom stereocenters. The van der Waals surface area contributed by atoms with E-state index in [4.69, 9.17) is 11.6 Å². The lowest BCUT2D eigenvalue weighted by Crippen LogP contribution is -2.13. The number of amides is 1. The van der Waals surface area contributed by atoms with Crippen LogP contribution in [-0.4, -0.2) is 31.0 Å². The second kappa shape index (κ2) is 7.12. The second-order valence-electron chi connectivity index (χ2n) is 4.55. The minimum absolute atomic E-state index is 0.192. The Balaban J connectivity index is 1.74. The Labute approximate surface area is 145 Å². The Kier molecular flexibility index (Phi) is 4.94. The average molecular weight is 366 g/mol. The number of thiazole rings is 1. The van der Waals surface area contributed by atoms with E-state index >= 15 is 0 Å². The summed E-state index contributed by atoms with van der Waals surface area (Å²) in [5, 5.41) is 11.1. The van der Waals surface area contributed by atoms with Gasteiger partial charge in [-0.1, -0.05) is 29.4 Å². The SMILES string of the molecule is Cn1ccsc1=NC(=O)CSc1nncn1-c1cccc(Cl)c1. The molecule has 0 saturated heterocycles. The normalized spacial score (nSPS) is 11.8. The number of rotatable bonds is 4. The summed E-state index contributed by atoms with van der Waals surface area (Å²) < 4.78 is 3.59. The zero-order valence-corrected chi connectivity index (χ0v) is 14.5. The van der Waals surface area contributed by atoms with Gasteiger partial charge in [0.05, 0.1) is 11.4 Å². The third-order valence-electron chi connectivity index (χ3n) is 2.91. The van der Waals surface area contributed by atoms with E-state index in [2.05, 4.69) is 15.2 Å². The van der Waals surface area contributed by atoms with Crippen molar-refractivity contribution >= 4 is 40.6 Å². The first kappa shape index (κ1) is 16.0. The minimum Gasteiger partial charge on any atom is -0.327 e. The van der Waals surface area contributed by atoms with Gasteiger partial charge in [0.15, 0.2) is 9.96 Å². The molecule has 0 aliphatic heterocycles. The number of carbonyl (C=O) groups is 1. The molecule has 0 radical (unpaired) electrons. The van der Waals surface area contributed by atoms with E-state index in [0.29, 0.717) is 15.0 Å². The number of aromatic nitrogens is 4. The average Bonchev–Trinajstić information content (AvgIpc) is 3.15. The van der Waals surface area contributed by atoms with E-state index in [1.54, 1.807) is 17.0 Å². The van der Waals surface area contributed by atoms with Crippen LogP contribution in [0.1, 0.15) is 0 Å². The lowest BCUT2D eigenvalue weighted by molar-refractivity contribution is -0.115. The highest BCUT2D eigenvalue weighted by atomic mass is 35.5. The summed E-state index contributed by atoms with van der Waals surface area (Å²) in [5.74, 6) is -0.0225. The minimum atomic E-state index is -0.214. The van der Waals surface area contributed by atoms with Crippen LogP contribution < -0.4 is 4.80 Å². The van der Waals surface area contributed by atoms with Gasteiger partial charge in [0.2, 0.25) is 0 Å². The maximum absolute atomic E-state index is 12.0. The Bertz CT molecular complexity index is 898. The molecule has 2 aromatic heterocycles. The van der Waals surface area contributed by atoms with E-state index in [1.165, 1.54) is 23.1 Å². The fraction of sp³-hybridized carbons (Fsp3) is 0.143. The predicted molar refractivity (Wildman–Crippen MR) is 91.0 cm³/mol. The van der Waals surface area contributed by atoms with E-state index in [0.717, 1.165) is 5.69 Å². The first-order valence-corrected chi connectivity index (χ1v) is 8.84. The predicted octanol–water partition coefficient (Wildman–Crippen LogP) is 2.54. The highest BCUT2D eigenvalue weighted by molar-refractivity contribution is 7.99. The van der Waals surface area contributed by atoms with Crippen molar-refractivity contribution in [2.75, 3.05) is 5.75 Å².